The smallest absolute Gasteiger partial charge is 0.116 e. The van der Waals surface area contributed by atoms with Gasteiger partial charge in [-0.05, 0) is 68.8 Å². The fraction of sp³-hybridized carbons (Fsp3) is 0.524. The first-order chi connectivity index (χ1) is 11.2. The predicted molar refractivity (Wildman–Crippen MR) is 92.1 cm³/mol. The summed E-state index contributed by atoms with van der Waals surface area (Å²) in [5, 5.41) is 0. The van der Waals surface area contributed by atoms with Crippen LogP contribution in [0.2, 0.25) is 0 Å². The standard InChI is InChI=1S/C21H24N2/c1-14-19(18-5-3-2-4-6-18)22-13-23-20(14)21-10-15-7-16(11-21)9-17(8-15)12-21/h2-6,13,15-17H,7-12H2,1H3. The summed E-state index contributed by atoms with van der Waals surface area (Å²) in [7, 11) is 0. The Balaban J connectivity index is 1.62. The van der Waals surface area contributed by atoms with E-state index >= 15 is 0 Å². The van der Waals surface area contributed by atoms with Gasteiger partial charge in [0.1, 0.15) is 6.33 Å². The van der Waals surface area contributed by atoms with Crippen molar-refractivity contribution in [2.45, 2.75) is 50.9 Å². The lowest BCUT2D eigenvalue weighted by molar-refractivity contribution is -0.00754. The van der Waals surface area contributed by atoms with E-state index in [0.29, 0.717) is 5.41 Å². The zero-order valence-corrected chi connectivity index (χ0v) is 13.8. The number of aromatic nitrogens is 2. The highest BCUT2D eigenvalue weighted by Crippen LogP contribution is 2.60. The minimum absolute atomic E-state index is 0.352. The summed E-state index contributed by atoms with van der Waals surface area (Å²) in [6.07, 6.45) is 10.4. The van der Waals surface area contributed by atoms with E-state index in [1.165, 1.54) is 55.3 Å². The molecule has 4 aliphatic carbocycles. The highest BCUT2D eigenvalue weighted by molar-refractivity contribution is 5.63. The van der Waals surface area contributed by atoms with E-state index in [0.717, 1.165) is 23.4 Å². The normalized spacial score (nSPS) is 34.7. The van der Waals surface area contributed by atoms with Crippen molar-refractivity contribution in [3.8, 4) is 11.3 Å². The summed E-state index contributed by atoms with van der Waals surface area (Å²) >= 11 is 0. The molecule has 1 aromatic heterocycles. The summed E-state index contributed by atoms with van der Waals surface area (Å²) in [6.45, 7) is 2.25. The van der Waals surface area contributed by atoms with Crippen LogP contribution in [0.1, 0.15) is 49.8 Å². The van der Waals surface area contributed by atoms with Gasteiger partial charge in [0, 0.05) is 11.0 Å². The van der Waals surface area contributed by atoms with Gasteiger partial charge < -0.3 is 0 Å². The van der Waals surface area contributed by atoms with Crippen molar-refractivity contribution in [2.24, 2.45) is 17.8 Å². The van der Waals surface area contributed by atoms with Crippen molar-refractivity contribution in [1.29, 1.82) is 0 Å². The van der Waals surface area contributed by atoms with E-state index in [1.54, 1.807) is 0 Å². The molecule has 0 atom stereocenters. The molecule has 0 amide bonds. The Bertz CT molecular complexity index is 699. The van der Waals surface area contributed by atoms with Gasteiger partial charge in [0.25, 0.3) is 0 Å². The van der Waals surface area contributed by atoms with Crippen LogP contribution in [0.5, 0.6) is 0 Å². The van der Waals surface area contributed by atoms with E-state index in [9.17, 15) is 0 Å². The van der Waals surface area contributed by atoms with Crippen molar-refractivity contribution >= 4 is 0 Å². The number of hydrogen-bond acceptors (Lipinski definition) is 2. The lowest BCUT2D eigenvalue weighted by Gasteiger charge is -2.56. The van der Waals surface area contributed by atoms with Gasteiger partial charge in [0.2, 0.25) is 0 Å². The minimum Gasteiger partial charge on any atom is -0.240 e. The third kappa shape index (κ3) is 2.07. The molecule has 4 saturated carbocycles. The predicted octanol–water partition coefficient (Wildman–Crippen LogP) is 4.92. The Morgan fingerprint density at radius 2 is 1.48 bits per heavy atom. The second-order valence-corrected chi connectivity index (χ2v) is 8.26. The lowest BCUT2D eigenvalue weighted by Crippen LogP contribution is -2.49. The molecular weight excluding hydrogens is 280 g/mol. The first-order valence-corrected chi connectivity index (χ1v) is 9.11. The fourth-order valence-corrected chi connectivity index (χ4v) is 6.27. The molecule has 0 radical (unpaired) electrons. The van der Waals surface area contributed by atoms with Crippen molar-refractivity contribution in [3.63, 3.8) is 0 Å². The molecule has 0 unspecified atom stereocenters. The van der Waals surface area contributed by atoms with Crippen LogP contribution in [0, 0.1) is 24.7 Å². The van der Waals surface area contributed by atoms with Gasteiger partial charge in [-0.2, -0.15) is 0 Å². The van der Waals surface area contributed by atoms with Crippen molar-refractivity contribution in [1.82, 2.24) is 9.97 Å². The van der Waals surface area contributed by atoms with Crippen LogP contribution in [-0.2, 0) is 5.41 Å². The Labute approximate surface area is 138 Å². The zero-order chi connectivity index (χ0) is 15.4. The number of rotatable bonds is 2. The summed E-state index contributed by atoms with van der Waals surface area (Å²) in [6, 6.07) is 10.6. The molecule has 1 aromatic carbocycles. The van der Waals surface area contributed by atoms with Crippen LogP contribution < -0.4 is 0 Å². The average Bonchev–Trinajstić information content (AvgIpc) is 2.54. The molecular formula is C21H24N2. The van der Waals surface area contributed by atoms with Gasteiger partial charge in [-0.25, -0.2) is 9.97 Å². The molecule has 0 aliphatic heterocycles. The second-order valence-electron chi connectivity index (χ2n) is 8.26. The first kappa shape index (κ1) is 13.7. The van der Waals surface area contributed by atoms with Crippen LogP contribution in [0.15, 0.2) is 36.7 Å². The van der Waals surface area contributed by atoms with Crippen molar-refractivity contribution in [3.05, 3.63) is 47.9 Å². The van der Waals surface area contributed by atoms with Crippen molar-refractivity contribution < 1.29 is 0 Å². The molecule has 2 nitrogen and oxygen atoms in total. The van der Waals surface area contributed by atoms with E-state index in [-0.39, 0.29) is 0 Å². The largest absolute Gasteiger partial charge is 0.240 e. The summed E-state index contributed by atoms with van der Waals surface area (Å²) in [5.74, 6) is 2.86. The second kappa shape index (κ2) is 4.90. The van der Waals surface area contributed by atoms with Gasteiger partial charge in [-0.3, -0.25) is 0 Å². The Kier molecular flexibility index (Phi) is 2.92. The fourth-order valence-electron chi connectivity index (χ4n) is 6.27. The molecule has 2 aromatic rings. The van der Waals surface area contributed by atoms with Gasteiger partial charge in [-0.1, -0.05) is 30.3 Å². The summed E-state index contributed by atoms with van der Waals surface area (Å²) < 4.78 is 0. The molecule has 0 spiro atoms. The number of nitrogens with zero attached hydrogens (tertiary/aromatic N) is 2. The highest BCUT2D eigenvalue weighted by atomic mass is 14.9. The zero-order valence-electron chi connectivity index (χ0n) is 13.8. The third-order valence-corrected chi connectivity index (χ3v) is 6.67. The van der Waals surface area contributed by atoms with E-state index < -0.39 is 0 Å². The maximum absolute atomic E-state index is 4.84. The molecule has 118 valence electrons. The van der Waals surface area contributed by atoms with Gasteiger partial charge in [-0.15, -0.1) is 0 Å². The van der Waals surface area contributed by atoms with Gasteiger partial charge >= 0.3 is 0 Å². The molecule has 2 heteroatoms. The topological polar surface area (TPSA) is 25.8 Å². The molecule has 4 aliphatic rings. The number of benzene rings is 1. The first-order valence-electron chi connectivity index (χ1n) is 9.11. The third-order valence-electron chi connectivity index (χ3n) is 6.67. The molecule has 0 N–H and O–H groups in total. The summed E-state index contributed by atoms with van der Waals surface area (Å²) in [4.78, 5) is 9.47. The number of hydrogen-bond donors (Lipinski definition) is 0. The molecule has 4 fully saturated rings. The van der Waals surface area contributed by atoms with E-state index in [2.05, 4.69) is 42.2 Å². The average molecular weight is 304 g/mol. The Morgan fingerprint density at radius 3 is 2.09 bits per heavy atom. The summed E-state index contributed by atoms with van der Waals surface area (Å²) in [5.41, 5.74) is 5.39. The van der Waals surface area contributed by atoms with Crippen LogP contribution in [0.4, 0.5) is 0 Å². The SMILES string of the molecule is Cc1c(-c2ccccc2)ncnc1C12CC3CC(CC(C3)C1)C2. The maximum Gasteiger partial charge on any atom is 0.116 e. The molecule has 23 heavy (non-hydrogen) atoms. The highest BCUT2D eigenvalue weighted by Gasteiger charge is 2.52. The minimum atomic E-state index is 0.352. The van der Waals surface area contributed by atoms with Gasteiger partial charge in [0.05, 0.1) is 11.4 Å². The molecule has 6 rings (SSSR count). The molecule has 1 heterocycles. The van der Waals surface area contributed by atoms with Gasteiger partial charge in [0.15, 0.2) is 0 Å². The maximum atomic E-state index is 4.84. The van der Waals surface area contributed by atoms with Crippen LogP contribution in [0.3, 0.4) is 0 Å². The Morgan fingerprint density at radius 1 is 0.870 bits per heavy atom. The Hall–Kier alpha value is -1.70. The quantitative estimate of drug-likeness (QED) is 0.787. The lowest BCUT2D eigenvalue weighted by atomic mass is 9.48. The molecule has 0 saturated heterocycles. The van der Waals surface area contributed by atoms with Crippen LogP contribution >= 0.6 is 0 Å². The van der Waals surface area contributed by atoms with E-state index in [1.807, 2.05) is 6.33 Å². The van der Waals surface area contributed by atoms with Crippen LogP contribution in [0.25, 0.3) is 11.3 Å². The van der Waals surface area contributed by atoms with Crippen LogP contribution in [-0.4, -0.2) is 9.97 Å². The van der Waals surface area contributed by atoms with Crippen molar-refractivity contribution in [2.75, 3.05) is 0 Å². The van der Waals surface area contributed by atoms with E-state index in [4.69, 9.17) is 4.98 Å². The monoisotopic (exact) mass is 304 g/mol. The molecule has 4 bridgehead atoms.